The fourth-order valence-corrected chi connectivity index (χ4v) is 5.44. The van der Waals surface area contributed by atoms with Crippen molar-refractivity contribution in [3.05, 3.63) is 24.3 Å². The van der Waals surface area contributed by atoms with Gasteiger partial charge in [0.2, 0.25) is 11.8 Å². The van der Waals surface area contributed by atoms with E-state index in [0.717, 1.165) is 37.5 Å². The lowest BCUT2D eigenvalue weighted by molar-refractivity contribution is -0.122. The Bertz CT molecular complexity index is 679. The number of fused-ring (bicyclic) bond motifs is 4. The minimum atomic E-state index is -0.0208. The number of nitrogens with one attached hydrogen (secondary N) is 2. The number of hydrogen-bond acceptors (Lipinski definition) is 4. The Hall–Kier alpha value is -2.24. The standard InChI is InChI=1S/C24H34N4O2/c29-23(27-25-15-21-13-17-7-9-19(21)11-17)5-3-1-2-4-6-24(30)28-26-16-22-14-18-8-10-20(22)12-18/h7-10,15-22H,1-6,11-14H2,(H,27,29)(H,28,30)/b25-15-,26-16-/t17-,18-,19-,20-,21-,22-/m0/s1. The highest BCUT2D eigenvalue weighted by Gasteiger charge is 2.35. The summed E-state index contributed by atoms with van der Waals surface area (Å²) in [6.07, 6.45) is 22.4. The van der Waals surface area contributed by atoms with Gasteiger partial charge in [0.05, 0.1) is 0 Å². The fourth-order valence-electron chi connectivity index (χ4n) is 5.44. The molecule has 2 amide bonds. The van der Waals surface area contributed by atoms with Gasteiger partial charge >= 0.3 is 0 Å². The fraction of sp³-hybridized carbons (Fsp3) is 0.667. The summed E-state index contributed by atoms with van der Waals surface area (Å²) in [4.78, 5) is 23.7. The summed E-state index contributed by atoms with van der Waals surface area (Å²) in [5.74, 6) is 3.61. The summed E-state index contributed by atoms with van der Waals surface area (Å²) in [6.45, 7) is 0. The van der Waals surface area contributed by atoms with Gasteiger partial charge < -0.3 is 0 Å². The Labute approximate surface area is 179 Å². The summed E-state index contributed by atoms with van der Waals surface area (Å²) in [5.41, 5.74) is 5.31. The van der Waals surface area contributed by atoms with E-state index in [9.17, 15) is 9.59 Å². The van der Waals surface area contributed by atoms with Crippen LogP contribution in [0.3, 0.4) is 0 Å². The van der Waals surface area contributed by atoms with Gasteiger partial charge in [-0.15, -0.1) is 0 Å². The first-order valence-corrected chi connectivity index (χ1v) is 11.7. The SMILES string of the molecule is O=C(CCCCCCC(=O)N/N=C\[C@@H]1C[C@H]2C=C[C@H]1C2)N/N=C\[C@@H]1C[C@H]2C=C[C@H]1C2. The lowest BCUT2D eigenvalue weighted by atomic mass is 9.95. The highest BCUT2D eigenvalue weighted by molar-refractivity contribution is 5.77. The van der Waals surface area contributed by atoms with Crippen LogP contribution < -0.4 is 10.9 Å². The Morgan fingerprint density at radius 2 is 1.17 bits per heavy atom. The van der Waals surface area contributed by atoms with Crippen LogP contribution in [0.15, 0.2) is 34.5 Å². The van der Waals surface area contributed by atoms with Crippen LogP contribution >= 0.6 is 0 Å². The summed E-state index contributed by atoms with van der Waals surface area (Å²) in [7, 11) is 0. The zero-order chi connectivity index (χ0) is 20.8. The average molecular weight is 411 g/mol. The molecule has 4 aliphatic carbocycles. The molecule has 0 aromatic carbocycles. The van der Waals surface area contributed by atoms with Crippen LogP contribution in [-0.4, -0.2) is 24.2 Å². The summed E-state index contributed by atoms with van der Waals surface area (Å²) < 4.78 is 0. The molecule has 0 spiro atoms. The van der Waals surface area contributed by atoms with Crippen molar-refractivity contribution >= 4 is 24.2 Å². The Kier molecular flexibility index (Phi) is 7.13. The van der Waals surface area contributed by atoms with E-state index < -0.39 is 0 Å². The third kappa shape index (κ3) is 5.67. The maximum absolute atomic E-state index is 11.9. The molecule has 162 valence electrons. The molecule has 2 fully saturated rings. The summed E-state index contributed by atoms with van der Waals surface area (Å²) >= 11 is 0. The van der Waals surface area contributed by atoms with Crippen LogP contribution in [0.2, 0.25) is 0 Å². The number of allylic oxidation sites excluding steroid dienone is 4. The van der Waals surface area contributed by atoms with Gasteiger partial charge in [0, 0.05) is 37.1 Å². The Balaban J connectivity index is 0.981. The Morgan fingerprint density at radius 3 is 1.53 bits per heavy atom. The third-order valence-corrected chi connectivity index (χ3v) is 7.13. The van der Waals surface area contributed by atoms with Crippen molar-refractivity contribution in [1.82, 2.24) is 10.9 Å². The number of carbonyl (C=O) groups is 2. The summed E-state index contributed by atoms with van der Waals surface area (Å²) in [5, 5.41) is 8.30. The number of hydrogen-bond donors (Lipinski definition) is 2. The topological polar surface area (TPSA) is 82.9 Å². The van der Waals surface area contributed by atoms with E-state index in [4.69, 9.17) is 0 Å². The van der Waals surface area contributed by atoms with Gasteiger partial charge in [-0.3, -0.25) is 9.59 Å². The molecule has 6 heteroatoms. The van der Waals surface area contributed by atoms with E-state index in [-0.39, 0.29) is 11.8 Å². The number of amides is 2. The van der Waals surface area contributed by atoms with Crippen molar-refractivity contribution in [2.45, 2.75) is 64.2 Å². The van der Waals surface area contributed by atoms with E-state index in [2.05, 4.69) is 45.4 Å². The zero-order valence-electron chi connectivity index (χ0n) is 17.7. The molecule has 0 heterocycles. The first-order chi connectivity index (χ1) is 14.7. The zero-order valence-corrected chi connectivity index (χ0v) is 17.7. The average Bonchev–Trinajstić information content (AvgIpc) is 3.52. The van der Waals surface area contributed by atoms with Crippen molar-refractivity contribution in [3.8, 4) is 0 Å². The van der Waals surface area contributed by atoms with Crippen LogP contribution in [0.4, 0.5) is 0 Å². The van der Waals surface area contributed by atoms with Crippen molar-refractivity contribution in [3.63, 3.8) is 0 Å². The molecule has 0 unspecified atom stereocenters. The van der Waals surface area contributed by atoms with Crippen LogP contribution in [-0.2, 0) is 9.59 Å². The third-order valence-electron chi connectivity index (χ3n) is 7.13. The van der Waals surface area contributed by atoms with E-state index in [1.807, 2.05) is 12.4 Å². The second-order valence-corrected chi connectivity index (χ2v) is 9.43. The van der Waals surface area contributed by atoms with Crippen molar-refractivity contribution in [2.24, 2.45) is 45.7 Å². The first kappa shape index (κ1) is 21.0. The van der Waals surface area contributed by atoms with Crippen LogP contribution in [0.1, 0.15) is 64.2 Å². The van der Waals surface area contributed by atoms with E-state index in [0.29, 0.717) is 36.5 Å². The molecule has 0 aliphatic heterocycles. The van der Waals surface area contributed by atoms with Gasteiger partial charge in [0.25, 0.3) is 0 Å². The lowest BCUT2D eigenvalue weighted by Crippen LogP contribution is -2.19. The number of unbranched alkanes of at least 4 members (excludes halogenated alkanes) is 3. The largest absolute Gasteiger partial charge is 0.273 e. The van der Waals surface area contributed by atoms with Crippen molar-refractivity contribution < 1.29 is 9.59 Å². The lowest BCUT2D eigenvalue weighted by Gasteiger charge is -2.12. The second-order valence-electron chi connectivity index (χ2n) is 9.43. The first-order valence-electron chi connectivity index (χ1n) is 11.7. The smallest absolute Gasteiger partial charge is 0.240 e. The minimum absolute atomic E-state index is 0.0208. The number of hydrazone groups is 2. The van der Waals surface area contributed by atoms with Crippen LogP contribution in [0.25, 0.3) is 0 Å². The second kappa shape index (κ2) is 10.2. The van der Waals surface area contributed by atoms with E-state index >= 15 is 0 Å². The van der Waals surface area contributed by atoms with Gasteiger partial charge in [-0.2, -0.15) is 10.2 Å². The number of carbonyl (C=O) groups excluding carboxylic acids is 2. The molecule has 6 nitrogen and oxygen atoms in total. The molecule has 0 radical (unpaired) electrons. The molecule has 0 saturated heterocycles. The minimum Gasteiger partial charge on any atom is -0.273 e. The van der Waals surface area contributed by atoms with E-state index in [1.165, 1.54) is 25.7 Å². The highest BCUT2D eigenvalue weighted by atomic mass is 16.2. The van der Waals surface area contributed by atoms with Gasteiger partial charge in [-0.05, 0) is 62.2 Å². The molecule has 0 aromatic heterocycles. The molecule has 6 atom stereocenters. The van der Waals surface area contributed by atoms with Gasteiger partial charge in [0.1, 0.15) is 0 Å². The van der Waals surface area contributed by atoms with Gasteiger partial charge in [-0.25, -0.2) is 10.9 Å². The molecular weight excluding hydrogens is 376 g/mol. The predicted molar refractivity (Wildman–Crippen MR) is 119 cm³/mol. The molecule has 2 saturated carbocycles. The van der Waals surface area contributed by atoms with Gasteiger partial charge in [0.15, 0.2) is 0 Å². The molecule has 2 N–H and O–H groups in total. The maximum Gasteiger partial charge on any atom is 0.240 e. The Morgan fingerprint density at radius 1 is 0.700 bits per heavy atom. The molecule has 4 aliphatic rings. The maximum atomic E-state index is 11.9. The number of rotatable bonds is 11. The molecule has 4 rings (SSSR count). The highest BCUT2D eigenvalue weighted by Crippen LogP contribution is 2.43. The van der Waals surface area contributed by atoms with Gasteiger partial charge in [-0.1, -0.05) is 37.1 Å². The monoisotopic (exact) mass is 410 g/mol. The molecule has 0 aromatic rings. The normalized spacial score (nSPS) is 33.3. The molecular formula is C24H34N4O2. The molecule has 4 bridgehead atoms. The van der Waals surface area contributed by atoms with Crippen LogP contribution in [0, 0.1) is 35.5 Å². The van der Waals surface area contributed by atoms with E-state index in [1.54, 1.807) is 0 Å². The quantitative estimate of drug-likeness (QED) is 0.234. The number of nitrogens with zero attached hydrogens (tertiary/aromatic N) is 2. The van der Waals surface area contributed by atoms with Crippen LogP contribution in [0.5, 0.6) is 0 Å². The summed E-state index contributed by atoms with van der Waals surface area (Å²) in [6, 6.07) is 0. The molecule has 30 heavy (non-hydrogen) atoms. The van der Waals surface area contributed by atoms with Crippen molar-refractivity contribution in [2.75, 3.05) is 0 Å². The predicted octanol–water partition coefficient (Wildman–Crippen LogP) is 3.96. The van der Waals surface area contributed by atoms with Crippen molar-refractivity contribution in [1.29, 1.82) is 0 Å².